The summed E-state index contributed by atoms with van der Waals surface area (Å²) in [5, 5.41) is 4.51. The van der Waals surface area contributed by atoms with Gasteiger partial charge >= 0.3 is 12.0 Å². The Kier molecular flexibility index (Phi) is 7.26. The Morgan fingerprint density at radius 2 is 1.78 bits per heavy atom. The van der Waals surface area contributed by atoms with E-state index in [1.807, 2.05) is 29.6 Å². The zero-order valence-corrected chi connectivity index (χ0v) is 18.6. The van der Waals surface area contributed by atoms with Gasteiger partial charge in [-0.3, -0.25) is 10.1 Å². The van der Waals surface area contributed by atoms with Crippen molar-refractivity contribution in [3.8, 4) is 0 Å². The number of carbonyl (C=O) groups excluding carboxylic acids is 3. The Morgan fingerprint density at radius 3 is 2.50 bits per heavy atom. The van der Waals surface area contributed by atoms with E-state index in [-0.39, 0.29) is 23.0 Å². The summed E-state index contributed by atoms with van der Waals surface area (Å²) in [7, 11) is -3.83. The third-order valence-corrected chi connectivity index (χ3v) is 6.65. The molecule has 0 saturated carbocycles. The minimum Gasteiger partial charge on any atom is -0.452 e. The number of benzene rings is 2. The van der Waals surface area contributed by atoms with E-state index < -0.39 is 34.5 Å². The lowest BCUT2D eigenvalue weighted by Gasteiger charge is -2.28. The standard InChI is InChI=1S/C22H25N3O6S/c1-15(2)23-22(28)24-20(26)14-31-21(27)17-8-5-9-19(12-17)32(29,30)25-11-10-16-6-3-4-7-18(16)13-25/h3-9,12,15H,10-11,13-14H2,1-2H3,(H2,23,24,26,28). The molecule has 170 valence electrons. The van der Waals surface area contributed by atoms with Crippen molar-refractivity contribution >= 4 is 27.9 Å². The average Bonchev–Trinajstić information content (AvgIpc) is 2.76. The predicted octanol–water partition coefficient (Wildman–Crippen LogP) is 1.82. The maximum atomic E-state index is 13.1. The Balaban J connectivity index is 1.65. The van der Waals surface area contributed by atoms with Crippen molar-refractivity contribution in [2.24, 2.45) is 0 Å². The first-order valence-corrected chi connectivity index (χ1v) is 11.6. The maximum Gasteiger partial charge on any atom is 0.338 e. The van der Waals surface area contributed by atoms with Crippen LogP contribution in [0.3, 0.4) is 0 Å². The molecule has 2 aromatic rings. The first-order valence-electron chi connectivity index (χ1n) is 10.1. The molecule has 0 spiro atoms. The zero-order valence-electron chi connectivity index (χ0n) is 17.8. The highest BCUT2D eigenvalue weighted by Crippen LogP contribution is 2.25. The van der Waals surface area contributed by atoms with Gasteiger partial charge in [0.2, 0.25) is 10.0 Å². The van der Waals surface area contributed by atoms with Crippen LogP contribution in [-0.4, -0.2) is 49.8 Å². The molecule has 2 aromatic carbocycles. The highest BCUT2D eigenvalue weighted by molar-refractivity contribution is 7.89. The lowest BCUT2D eigenvalue weighted by molar-refractivity contribution is -0.123. The summed E-state index contributed by atoms with van der Waals surface area (Å²) in [6, 6.07) is 12.3. The number of sulfonamides is 1. The first kappa shape index (κ1) is 23.4. The Morgan fingerprint density at radius 1 is 1.06 bits per heavy atom. The number of amides is 3. The summed E-state index contributed by atoms with van der Waals surface area (Å²) in [4.78, 5) is 35.5. The lowest BCUT2D eigenvalue weighted by atomic mass is 10.0. The van der Waals surface area contributed by atoms with Gasteiger partial charge in [0.05, 0.1) is 10.5 Å². The summed E-state index contributed by atoms with van der Waals surface area (Å²) in [6.45, 7) is 3.38. The second-order valence-corrected chi connectivity index (χ2v) is 9.58. The van der Waals surface area contributed by atoms with Crippen molar-refractivity contribution < 1.29 is 27.5 Å². The number of hydrogen-bond acceptors (Lipinski definition) is 6. The average molecular weight is 460 g/mol. The highest BCUT2D eigenvalue weighted by Gasteiger charge is 2.29. The topological polar surface area (TPSA) is 122 Å². The van der Waals surface area contributed by atoms with Crippen molar-refractivity contribution in [1.82, 2.24) is 14.9 Å². The van der Waals surface area contributed by atoms with Crippen molar-refractivity contribution in [3.63, 3.8) is 0 Å². The molecule has 0 atom stereocenters. The second-order valence-electron chi connectivity index (χ2n) is 7.64. The van der Waals surface area contributed by atoms with Gasteiger partial charge in [0, 0.05) is 19.1 Å². The van der Waals surface area contributed by atoms with Gasteiger partial charge in [-0.25, -0.2) is 18.0 Å². The molecule has 0 aromatic heterocycles. The van der Waals surface area contributed by atoms with Gasteiger partial charge < -0.3 is 10.1 Å². The van der Waals surface area contributed by atoms with E-state index in [0.717, 1.165) is 11.1 Å². The van der Waals surface area contributed by atoms with Crippen LogP contribution in [0.1, 0.15) is 35.3 Å². The van der Waals surface area contributed by atoms with Crippen molar-refractivity contribution in [2.75, 3.05) is 13.2 Å². The van der Waals surface area contributed by atoms with Crippen LogP contribution in [0.25, 0.3) is 0 Å². The molecule has 3 rings (SSSR count). The molecule has 1 heterocycles. The summed E-state index contributed by atoms with van der Waals surface area (Å²) < 4.78 is 32.5. The van der Waals surface area contributed by atoms with Crippen LogP contribution in [0.5, 0.6) is 0 Å². The van der Waals surface area contributed by atoms with E-state index >= 15 is 0 Å². The molecule has 0 fully saturated rings. The lowest BCUT2D eigenvalue weighted by Crippen LogP contribution is -2.44. The third-order valence-electron chi connectivity index (χ3n) is 4.81. The first-order chi connectivity index (χ1) is 15.2. The second kappa shape index (κ2) is 9.92. The molecule has 3 amide bonds. The van der Waals surface area contributed by atoms with Gasteiger partial charge in [0.25, 0.3) is 5.91 Å². The molecule has 2 N–H and O–H groups in total. The highest BCUT2D eigenvalue weighted by atomic mass is 32.2. The van der Waals surface area contributed by atoms with E-state index in [1.165, 1.54) is 28.6 Å². The largest absolute Gasteiger partial charge is 0.452 e. The fraction of sp³-hybridized carbons (Fsp3) is 0.318. The molecule has 9 nitrogen and oxygen atoms in total. The van der Waals surface area contributed by atoms with E-state index in [9.17, 15) is 22.8 Å². The summed E-state index contributed by atoms with van der Waals surface area (Å²) in [6.07, 6.45) is 0.608. The fourth-order valence-corrected chi connectivity index (χ4v) is 4.75. The number of hydrogen-bond donors (Lipinski definition) is 2. The molecule has 0 aliphatic carbocycles. The number of esters is 1. The summed E-state index contributed by atoms with van der Waals surface area (Å²) >= 11 is 0. The number of imide groups is 1. The molecule has 0 unspecified atom stereocenters. The van der Waals surface area contributed by atoms with Crippen LogP contribution in [0.4, 0.5) is 4.79 Å². The van der Waals surface area contributed by atoms with Gasteiger partial charge in [0.15, 0.2) is 6.61 Å². The summed E-state index contributed by atoms with van der Waals surface area (Å²) in [5.74, 6) is -1.67. The number of carbonyl (C=O) groups is 3. The Labute approximate surface area is 186 Å². The number of ether oxygens (including phenoxy) is 1. The van der Waals surface area contributed by atoms with Crippen molar-refractivity contribution in [2.45, 2.75) is 37.8 Å². The van der Waals surface area contributed by atoms with Gasteiger partial charge in [-0.05, 0) is 49.6 Å². The SMILES string of the molecule is CC(C)NC(=O)NC(=O)COC(=O)c1cccc(S(=O)(=O)N2CCc3ccccc3C2)c1. The predicted molar refractivity (Wildman–Crippen MR) is 116 cm³/mol. The maximum absolute atomic E-state index is 13.1. The van der Waals surface area contributed by atoms with Crippen LogP contribution in [0.2, 0.25) is 0 Å². The van der Waals surface area contributed by atoms with E-state index in [0.29, 0.717) is 13.0 Å². The number of nitrogens with zero attached hydrogens (tertiary/aromatic N) is 1. The van der Waals surface area contributed by atoms with Gasteiger partial charge in [-0.2, -0.15) is 4.31 Å². The third kappa shape index (κ3) is 5.71. The Bertz CT molecular complexity index is 1130. The molecule has 10 heteroatoms. The van der Waals surface area contributed by atoms with Gasteiger partial charge in [-0.15, -0.1) is 0 Å². The smallest absolute Gasteiger partial charge is 0.338 e. The normalized spacial score (nSPS) is 13.8. The van der Waals surface area contributed by atoms with Crippen LogP contribution in [-0.2, 0) is 32.5 Å². The van der Waals surface area contributed by atoms with E-state index in [4.69, 9.17) is 4.74 Å². The molecule has 1 aliphatic heterocycles. The minimum absolute atomic E-state index is 0.0112. The minimum atomic E-state index is -3.83. The number of fused-ring (bicyclic) bond motifs is 1. The summed E-state index contributed by atoms with van der Waals surface area (Å²) in [5.41, 5.74) is 2.06. The molecule has 32 heavy (non-hydrogen) atoms. The number of urea groups is 1. The molecule has 0 saturated heterocycles. The molecule has 0 radical (unpaired) electrons. The molecular weight excluding hydrogens is 434 g/mol. The van der Waals surface area contributed by atoms with Crippen molar-refractivity contribution in [3.05, 3.63) is 65.2 Å². The van der Waals surface area contributed by atoms with Crippen LogP contribution in [0, 0.1) is 0 Å². The van der Waals surface area contributed by atoms with E-state index in [2.05, 4.69) is 5.32 Å². The van der Waals surface area contributed by atoms with Crippen LogP contribution < -0.4 is 10.6 Å². The van der Waals surface area contributed by atoms with Gasteiger partial charge in [0.1, 0.15) is 0 Å². The monoisotopic (exact) mass is 459 g/mol. The number of rotatable bonds is 6. The van der Waals surface area contributed by atoms with Crippen LogP contribution >= 0.6 is 0 Å². The van der Waals surface area contributed by atoms with Crippen molar-refractivity contribution in [1.29, 1.82) is 0 Å². The molecule has 1 aliphatic rings. The Hall–Kier alpha value is -3.24. The van der Waals surface area contributed by atoms with E-state index in [1.54, 1.807) is 13.8 Å². The van der Waals surface area contributed by atoms with Gasteiger partial charge in [-0.1, -0.05) is 30.3 Å². The quantitative estimate of drug-likeness (QED) is 0.636. The van der Waals surface area contributed by atoms with Crippen LogP contribution in [0.15, 0.2) is 53.4 Å². The molecule has 0 bridgehead atoms. The fourth-order valence-electron chi connectivity index (χ4n) is 3.28. The zero-order chi connectivity index (χ0) is 23.3. The molecular formula is C22H25N3O6S. The number of nitrogens with one attached hydrogen (secondary N) is 2.